The predicted octanol–water partition coefficient (Wildman–Crippen LogP) is 2.42. The van der Waals surface area contributed by atoms with Crippen molar-refractivity contribution in [1.29, 1.82) is 0 Å². The first-order chi connectivity index (χ1) is 12.1. The summed E-state index contributed by atoms with van der Waals surface area (Å²) < 4.78 is 11.0. The van der Waals surface area contributed by atoms with Crippen LogP contribution in [0.3, 0.4) is 0 Å². The number of rotatable bonds is 3. The van der Waals surface area contributed by atoms with Crippen LogP contribution >= 0.6 is 0 Å². The van der Waals surface area contributed by atoms with E-state index in [0.29, 0.717) is 41.3 Å². The molecule has 0 amide bonds. The predicted molar refractivity (Wildman–Crippen MR) is 85.9 cm³/mol. The zero-order chi connectivity index (χ0) is 17.4. The third-order valence-electron chi connectivity index (χ3n) is 3.78. The van der Waals surface area contributed by atoms with E-state index >= 15 is 0 Å². The van der Waals surface area contributed by atoms with Gasteiger partial charge in [0.25, 0.3) is 0 Å². The minimum atomic E-state index is -1.26. The van der Waals surface area contributed by atoms with Gasteiger partial charge >= 0.3 is 0 Å². The van der Waals surface area contributed by atoms with Gasteiger partial charge in [0, 0.05) is 11.5 Å². The van der Waals surface area contributed by atoms with E-state index in [2.05, 4.69) is 15.2 Å². The molecule has 8 nitrogen and oxygen atoms in total. The minimum absolute atomic E-state index is 0.0534. The van der Waals surface area contributed by atoms with Crippen molar-refractivity contribution in [1.82, 2.24) is 4.98 Å². The van der Waals surface area contributed by atoms with Crippen molar-refractivity contribution in [2.24, 2.45) is 10.2 Å². The van der Waals surface area contributed by atoms with Crippen LogP contribution in [-0.4, -0.2) is 29.3 Å². The number of carbonyl (C=O) groups excluding carboxylic acids is 1. The largest absolute Gasteiger partial charge is 0.545 e. The third kappa shape index (κ3) is 2.74. The van der Waals surface area contributed by atoms with Crippen LogP contribution in [0.1, 0.15) is 10.4 Å². The Hall–Kier alpha value is -3.55. The number of fused-ring (bicyclic) bond motifs is 2. The molecule has 3 aromatic rings. The molecule has 0 saturated heterocycles. The highest BCUT2D eigenvalue weighted by atomic mass is 16.6. The number of benzene rings is 2. The molecule has 1 aliphatic rings. The van der Waals surface area contributed by atoms with Crippen LogP contribution < -0.4 is 14.6 Å². The number of aromatic carboxylic acids is 1. The monoisotopic (exact) mass is 338 g/mol. The molecule has 0 aliphatic carbocycles. The Morgan fingerprint density at radius 1 is 1.08 bits per heavy atom. The van der Waals surface area contributed by atoms with E-state index < -0.39 is 5.97 Å². The second-order valence-electron chi connectivity index (χ2n) is 5.40. The maximum atomic E-state index is 10.7. The summed E-state index contributed by atoms with van der Waals surface area (Å²) >= 11 is 0. The lowest BCUT2D eigenvalue weighted by atomic mass is 10.2. The van der Waals surface area contributed by atoms with Gasteiger partial charge in [0.2, 0.25) is 5.88 Å². The molecule has 0 bridgehead atoms. The Balaban J connectivity index is 1.70. The first-order valence-electron chi connectivity index (χ1n) is 7.49. The molecular formula is C17H12N3O5-. The van der Waals surface area contributed by atoms with Gasteiger partial charge in [-0.2, -0.15) is 5.11 Å². The molecule has 126 valence electrons. The van der Waals surface area contributed by atoms with Crippen molar-refractivity contribution < 1.29 is 24.5 Å². The van der Waals surface area contributed by atoms with Gasteiger partial charge < -0.3 is 29.5 Å². The number of H-pyrrole nitrogens is 1. The fourth-order valence-corrected chi connectivity index (χ4v) is 2.58. The summed E-state index contributed by atoms with van der Waals surface area (Å²) in [5, 5.41) is 29.6. The fraction of sp³-hybridized carbons (Fsp3) is 0.118. The molecule has 2 N–H and O–H groups in total. The molecule has 2 aromatic carbocycles. The van der Waals surface area contributed by atoms with Gasteiger partial charge in [-0.3, -0.25) is 0 Å². The van der Waals surface area contributed by atoms with Gasteiger partial charge in [-0.15, -0.1) is 5.11 Å². The molecule has 0 saturated carbocycles. The molecule has 0 atom stereocenters. The van der Waals surface area contributed by atoms with Crippen molar-refractivity contribution in [3.8, 4) is 17.4 Å². The lowest BCUT2D eigenvalue weighted by molar-refractivity contribution is -0.255. The fourth-order valence-electron chi connectivity index (χ4n) is 2.58. The lowest BCUT2D eigenvalue weighted by Gasteiger charge is -2.18. The van der Waals surface area contributed by atoms with Crippen LogP contribution in [0, 0.1) is 0 Å². The van der Waals surface area contributed by atoms with Gasteiger partial charge in [0.05, 0.1) is 17.2 Å². The van der Waals surface area contributed by atoms with Crippen LogP contribution in [0.2, 0.25) is 0 Å². The molecule has 0 spiro atoms. The maximum absolute atomic E-state index is 10.7. The minimum Gasteiger partial charge on any atom is -0.545 e. The Morgan fingerprint density at radius 2 is 1.76 bits per heavy atom. The SMILES string of the molecule is O=C([O-])c1ccc(N=Nc2c(O)[nH]c3cc4c(cc23)OCCO4)cc1. The van der Waals surface area contributed by atoms with Gasteiger partial charge in [0.1, 0.15) is 13.2 Å². The van der Waals surface area contributed by atoms with Crippen LogP contribution in [0.25, 0.3) is 10.9 Å². The van der Waals surface area contributed by atoms with E-state index in [-0.39, 0.29) is 17.1 Å². The molecule has 1 aromatic heterocycles. The number of ether oxygens (including phenoxy) is 2. The van der Waals surface area contributed by atoms with E-state index in [1.165, 1.54) is 24.3 Å². The second-order valence-corrected chi connectivity index (χ2v) is 5.40. The summed E-state index contributed by atoms with van der Waals surface area (Å²) in [6.45, 7) is 0.927. The zero-order valence-electron chi connectivity index (χ0n) is 12.9. The van der Waals surface area contributed by atoms with Crippen LogP contribution in [0.5, 0.6) is 17.4 Å². The van der Waals surface area contributed by atoms with E-state index in [1.54, 1.807) is 12.1 Å². The summed E-state index contributed by atoms with van der Waals surface area (Å²) in [7, 11) is 0. The number of carboxylic acid groups (broad SMARTS) is 1. The molecule has 1 aliphatic heterocycles. The number of carboxylic acids is 1. The molecule has 25 heavy (non-hydrogen) atoms. The smallest absolute Gasteiger partial charge is 0.218 e. The van der Waals surface area contributed by atoms with E-state index in [9.17, 15) is 15.0 Å². The molecule has 0 radical (unpaired) electrons. The Kier molecular flexibility index (Phi) is 3.50. The standard InChI is InChI=1S/C17H13N3O5/c21-16-15(20-19-10-3-1-9(2-4-10)17(22)23)11-7-13-14(8-12(11)18-16)25-6-5-24-13/h1-4,7-8,18,21H,5-6H2,(H,22,23)/p-1. The first kappa shape index (κ1) is 15.0. The normalized spacial score (nSPS) is 13.4. The molecule has 4 rings (SSSR count). The van der Waals surface area contributed by atoms with Gasteiger partial charge in [-0.05, 0) is 23.8 Å². The van der Waals surface area contributed by atoms with E-state index in [4.69, 9.17) is 9.47 Å². The number of aromatic nitrogens is 1. The molecule has 2 heterocycles. The number of aromatic amines is 1. The highest BCUT2D eigenvalue weighted by Gasteiger charge is 2.18. The van der Waals surface area contributed by atoms with Crippen molar-refractivity contribution in [2.45, 2.75) is 0 Å². The number of aromatic hydroxyl groups is 1. The molecule has 0 fully saturated rings. The topological polar surface area (TPSA) is 119 Å². The van der Waals surface area contributed by atoms with Gasteiger partial charge in [-0.1, -0.05) is 12.1 Å². The lowest BCUT2D eigenvalue weighted by Crippen LogP contribution is -2.21. The van der Waals surface area contributed by atoms with Crippen LogP contribution in [0.4, 0.5) is 11.4 Å². The number of hydrogen-bond acceptors (Lipinski definition) is 7. The van der Waals surface area contributed by atoms with Crippen molar-refractivity contribution >= 4 is 28.2 Å². The average Bonchev–Trinajstić information content (AvgIpc) is 2.92. The summed E-state index contributed by atoms with van der Waals surface area (Å²) in [4.78, 5) is 13.6. The summed E-state index contributed by atoms with van der Waals surface area (Å²) in [5.74, 6) is -0.217. The third-order valence-corrected chi connectivity index (χ3v) is 3.78. The van der Waals surface area contributed by atoms with Crippen molar-refractivity contribution in [3.05, 3.63) is 42.0 Å². The summed E-state index contributed by atoms with van der Waals surface area (Å²) in [5.41, 5.74) is 1.40. The second kappa shape index (κ2) is 5.82. The summed E-state index contributed by atoms with van der Waals surface area (Å²) in [6.07, 6.45) is 0. The zero-order valence-corrected chi connectivity index (χ0v) is 12.9. The number of carbonyl (C=O) groups is 1. The number of nitrogens with one attached hydrogen (secondary N) is 1. The number of nitrogens with zero attached hydrogens (tertiary/aromatic N) is 2. The van der Waals surface area contributed by atoms with E-state index in [0.717, 1.165) is 0 Å². The molecule has 0 unspecified atom stereocenters. The first-order valence-corrected chi connectivity index (χ1v) is 7.49. The Bertz CT molecular complexity index is 992. The van der Waals surface area contributed by atoms with Crippen molar-refractivity contribution in [3.63, 3.8) is 0 Å². The maximum Gasteiger partial charge on any atom is 0.218 e. The Labute approximate surface area is 141 Å². The van der Waals surface area contributed by atoms with Gasteiger partial charge in [-0.25, -0.2) is 0 Å². The molecule has 8 heteroatoms. The van der Waals surface area contributed by atoms with Crippen LogP contribution in [0.15, 0.2) is 46.6 Å². The average molecular weight is 338 g/mol. The molecular weight excluding hydrogens is 326 g/mol. The van der Waals surface area contributed by atoms with Crippen molar-refractivity contribution in [2.75, 3.05) is 13.2 Å². The van der Waals surface area contributed by atoms with E-state index in [1.807, 2.05) is 0 Å². The highest BCUT2D eigenvalue weighted by molar-refractivity contribution is 5.96. The highest BCUT2D eigenvalue weighted by Crippen LogP contribution is 2.42. The number of hydrogen-bond donors (Lipinski definition) is 2. The Morgan fingerprint density at radius 3 is 2.44 bits per heavy atom. The number of azo groups is 1. The summed E-state index contributed by atoms with van der Waals surface area (Å²) in [6, 6.07) is 9.21. The van der Waals surface area contributed by atoms with Crippen LogP contribution in [-0.2, 0) is 0 Å². The van der Waals surface area contributed by atoms with Gasteiger partial charge in [0.15, 0.2) is 17.2 Å². The quantitative estimate of drug-likeness (QED) is 0.711.